The number of carboxylic acids is 1. The highest BCUT2D eigenvalue weighted by Crippen LogP contribution is 2.24. The average molecular weight is 375 g/mol. The van der Waals surface area contributed by atoms with E-state index < -0.39 is 5.97 Å². The zero-order chi connectivity index (χ0) is 19.3. The van der Waals surface area contributed by atoms with Crippen LogP contribution in [-0.2, 0) is 0 Å². The molecule has 1 aliphatic heterocycles. The molecule has 0 amide bonds. The SMILES string of the molecule is O=C(O)c1ccc(Nc2cc(Nc3ccc(N4CCCC4)cc3)ncn2)cc1. The van der Waals surface area contributed by atoms with Crippen LogP contribution in [-0.4, -0.2) is 34.1 Å². The van der Waals surface area contributed by atoms with Crippen molar-refractivity contribution in [1.82, 2.24) is 9.97 Å². The number of aromatic nitrogens is 2. The Balaban J connectivity index is 1.42. The first kappa shape index (κ1) is 17.8. The summed E-state index contributed by atoms with van der Waals surface area (Å²) in [5, 5.41) is 15.4. The zero-order valence-corrected chi connectivity index (χ0v) is 15.3. The highest BCUT2D eigenvalue weighted by atomic mass is 16.4. The van der Waals surface area contributed by atoms with E-state index in [-0.39, 0.29) is 5.56 Å². The molecular weight excluding hydrogens is 354 g/mol. The molecule has 3 N–H and O–H groups in total. The molecule has 1 aromatic heterocycles. The Labute approximate surface area is 163 Å². The summed E-state index contributed by atoms with van der Waals surface area (Å²) in [4.78, 5) is 21.8. The summed E-state index contributed by atoms with van der Waals surface area (Å²) in [7, 11) is 0. The lowest BCUT2D eigenvalue weighted by atomic mass is 10.2. The summed E-state index contributed by atoms with van der Waals surface area (Å²) in [6, 6.07) is 16.7. The van der Waals surface area contributed by atoms with Crippen LogP contribution < -0.4 is 15.5 Å². The number of aromatic carboxylic acids is 1. The number of carboxylic acid groups (broad SMARTS) is 1. The summed E-state index contributed by atoms with van der Waals surface area (Å²) in [5.41, 5.74) is 3.20. The first-order chi connectivity index (χ1) is 13.7. The van der Waals surface area contributed by atoms with Crippen LogP contribution in [0.15, 0.2) is 60.9 Å². The van der Waals surface area contributed by atoms with Crippen LogP contribution in [0.25, 0.3) is 0 Å². The van der Waals surface area contributed by atoms with Gasteiger partial charge in [0.25, 0.3) is 0 Å². The van der Waals surface area contributed by atoms with E-state index in [4.69, 9.17) is 5.11 Å². The second-order valence-electron chi connectivity index (χ2n) is 6.66. The third-order valence-corrected chi connectivity index (χ3v) is 4.68. The van der Waals surface area contributed by atoms with E-state index in [9.17, 15) is 4.79 Å². The van der Waals surface area contributed by atoms with Crippen molar-refractivity contribution < 1.29 is 9.90 Å². The molecule has 1 saturated heterocycles. The van der Waals surface area contributed by atoms with Crippen molar-refractivity contribution in [3.05, 3.63) is 66.5 Å². The second-order valence-corrected chi connectivity index (χ2v) is 6.66. The minimum Gasteiger partial charge on any atom is -0.478 e. The lowest BCUT2D eigenvalue weighted by Crippen LogP contribution is -2.17. The van der Waals surface area contributed by atoms with E-state index in [2.05, 4.69) is 37.6 Å². The summed E-state index contributed by atoms with van der Waals surface area (Å²) < 4.78 is 0. The number of nitrogens with zero attached hydrogens (tertiary/aromatic N) is 3. The molecule has 1 fully saturated rings. The largest absolute Gasteiger partial charge is 0.478 e. The fourth-order valence-electron chi connectivity index (χ4n) is 3.22. The van der Waals surface area contributed by atoms with Gasteiger partial charge in [-0.05, 0) is 61.4 Å². The van der Waals surface area contributed by atoms with Crippen molar-refractivity contribution in [2.45, 2.75) is 12.8 Å². The van der Waals surface area contributed by atoms with E-state index in [1.807, 2.05) is 12.1 Å². The summed E-state index contributed by atoms with van der Waals surface area (Å²) >= 11 is 0. The molecule has 4 rings (SSSR count). The topological polar surface area (TPSA) is 90.4 Å². The monoisotopic (exact) mass is 375 g/mol. The van der Waals surface area contributed by atoms with Gasteiger partial charge < -0.3 is 20.6 Å². The number of carbonyl (C=O) groups is 1. The molecule has 2 aromatic carbocycles. The maximum Gasteiger partial charge on any atom is 0.335 e. The van der Waals surface area contributed by atoms with Crippen LogP contribution in [0.3, 0.4) is 0 Å². The minimum absolute atomic E-state index is 0.243. The van der Waals surface area contributed by atoms with Crippen molar-refractivity contribution in [3.63, 3.8) is 0 Å². The van der Waals surface area contributed by atoms with Crippen LogP contribution in [0, 0.1) is 0 Å². The second kappa shape index (κ2) is 7.96. The van der Waals surface area contributed by atoms with Crippen molar-refractivity contribution in [3.8, 4) is 0 Å². The van der Waals surface area contributed by atoms with Gasteiger partial charge in [-0.15, -0.1) is 0 Å². The van der Waals surface area contributed by atoms with Gasteiger partial charge in [-0.1, -0.05) is 0 Å². The molecule has 0 aliphatic carbocycles. The summed E-state index contributed by atoms with van der Waals surface area (Å²) in [6.45, 7) is 2.25. The minimum atomic E-state index is -0.948. The lowest BCUT2D eigenvalue weighted by Gasteiger charge is -2.18. The molecule has 0 saturated carbocycles. The van der Waals surface area contributed by atoms with Gasteiger partial charge in [0.1, 0.15) is 18.0 Å². The molecule has 0 spiro atoms. The standard InChI is InChI=1S/C21H21N5O2/c27-21(28)15-3-5-16(6-4-15)24-19-13-20(23-14-22-19)25-17-7-9-18(10-8-17)26-11-1-2-12-26/h3-10,13-14H,1-2,11-12H2,(H,27,28)(H2,22,23,24,25). The third kappa shape index (κ3) is 4.20. The normalized spacial score (nSPS) is 13.4. The molecule has 3 aromatic rings. The quantitative estimate of drug-likeness (QED) is 0.593. The van der Waals surface area contributed by atoms with Gasteiger partial charge in [0.05, 0.1) is 5.56 Å². The molecule has 142 valence electrons. The molecule has 0 bridgehead atoms. The molecule has 0 unspecified atom stereocenters. The van der Waals surface area contributed by atoms with Crippen LogP contribution in [0.1, 0.15) is 23.2 Å². The number of hydrogen-bond donors (Lipinski definition) is 3. The Morgan fingerprint density at radius 2 is 1.39 bits per heavy atom. The number of anilines is 5. The molecule has 28 heavy (non-hydrogen) atoms. The molecule has 7 heteroatoms. The highest BCUT2D eigenvalue weighted by Gasteiger charge is 2.11. The van der Waals surface area contributed by atoms with Gasteiger partial charge in [-0.2, -0.15) is 0 Å². The highest BCUT2D eigenvalue weighted by molar-refractivity contribution is 5.88. The van der Waals surface area contributed by atoms with Gasteiger partial charge in [0.15, 0.2) is 0 Å². The van der Waals surface area contributed by atoms with Crippen LogP contribution >= 0.6 is 0 Å². The Morgan fingerprint density at radius 1 is 0.857 bits per heavy atom. The zero-order valence-electron chi connectivity index (χ0n) is 15.3. The van der Waals surface area contributed by atoms with E-state index in [1.165, 1.54) is 24.9 Å². The number of hydrogen-bond acceptors (Lipinski definition) is 6. The van der Waals surface area contributed by atoms with Crippen molar-refractivity contribution in [2.24, 2.45) is 0 Å². The molecule has 0 radical (unpaired) electrons. The smallest absolute Gasteiger partial charge is 0.335 e. The van der Waals surface area contributed by atoms with Gasteiger partial charge >= 0.3 is 5.97 Å². The summed E-state index contributed by atoms with van der Waals surface area (Å²) in [6.07, 6.45) is 4.00. The molecule has 1 aliphatic rings. The maximum atomic E-state index is 10.9. The van der Waals surface area contributed by atoms with Crippen LogP contribution in [0.2, 0.25) is 0 Å². The van der Waals surface area contributed by atoms with Gasteiger partial charge in [0.2, 0.25) is 0 Å². The molecule has 2 heterocycles. The Hall–Kier alpha value is -3.61. The van der Waals surface area contributed by atoms with E-state index in [1.54, 1.807) is 30.3 Å². The molecule has 7 nitrogen and oxygen atoms in total. The fraction of sp³-hybridized carbons (Fsp3) is 0.190. The molecule has 0 atom stereocenters. The fourth-order valence-corrected chi connectivity index (χ4v) is 3.22. The third-order valence-electron chi connectivity index (χ3n) is 4.68. The van der Waals surface area contributed by atoms with Crippen molar-refractivity contribution in [1.29, 1.82) is 0 Å². The molecular formula is C21H21N5O2. The first-order valence-corrected chi connectivity index (χ1v) is 9.22. The van der Waals surface area contributed by atoms with Gasteiger partial charge in [-0.3, -0.25) is 0 Å². The number of rotatable bonds is 6. The Morgan fingerprint density at radius 3 is 1.93 bits per heavy atom. The van der Waals surface area contributed by atoms with Gasteiger partial charge in [-0.25, -0.2) is 14.8 Å². The maximum absolute atomic E-state index is 10.9. The van der Waals surface area contributed by atoms with Gasteiger partial charge in [0, 0.05) is 36.2 Å². The number of benzene rings is 2. The van der Waals surface area contributed by atoms with Crippen LogP contribution in [0.5, 0.6) is 0 Å². The number of nitrogens with one attached hydrogen (secondary N) is 2. The Kier molecular flexibility index (Phi) is 5.05. The first-order valence-electron chi connectivity index (χ1n) is 9.22. The van der Waals surface area contributed by atoms with E-state index >= 15 is 0 Å². The van der Waals surface area contributed by atoms with Crippen molar-refractivity contribution in [2.75, 3.05) is 28.6 Å². The summed E-state index contributed by atoms with van der Waals surface area (Å²) in [5.74, 6) is 0.346. The van der Waals surface area contributed by atoms with E-state index in [0.29, 0.717) is 11.6 Å². The Bertz CT molecular complexity index is 951. The average Bonchev–Trinajstić information content (AvgIpc) is 3.24. The predicted molar refractivity (Wildman–Crippen MR) is 110 cm³/mol. The van der Waals surface area contributed by atoms with Crippen molar-refractivity contribution >= 4 is 34.7 Å². The van der Waals surface area contributed by atoms with Crippen LogP contribution in [0.4, 0.5) is 28.7 Å². The predicted octanol–water partition coefficient (Wildman–Crippen LogP) is 4.26. The lowest BCUT2D eigenvalue weighted by molar-refractivity contribution is 0.0697. The van der Waals surface area contributed by atoms with E-state index in [0.717, 1.165) is 24.5 Å².